The fourth-order valence-corrected chi connectivity index (χ4v) is 1.44. The van der Waals surface area contributed by atoms with E-state index < -0.39 is 0 Å². The van der Waals surface area contributed by atoms with E-state index in [4.69, 9.17) is 10.00 Å². The Balaban J connectivity index is 3.03. The predicted molar refractivity (Wildman–Crippen MR) is 59.6 cm³/mol. The van der Waals surface area contributed by atoms with E-state index >= 15 is 0 Å². The van der Waals surface area contributed by atoms with Crippen LogP contribution in [0, 0.1) is 11.3 Å². The van der Waals surface area contributed by atoms with Gasteiger partial charge in [-0.3, -0.25) is 0 Å². The third-order valence-electron chi connectivity index (χ3n) is 1.68. The molecule has 0 bridgehead atoms. The van der Waals surface area contributed by atoms with Gasteiger partial charge < -0.3 is 4.74 Å². The van der Waals surface area contributed by atoms with Crippen LogP contribution in [0.15, 0.2) is 18.2 Å². The summed E-state index contributed by atoms with van der Waals surface area (Å²) in [5.41, 5.74) is 1.70. The fourth-order valence-electron chi connectivity index (χ4n) is 1.09. The Bertz CT molecular complexity index is 355. The number of hydrogen-bond acceptors (Lipinski definition) is 2. The Kier molecular flexibility index (Phi) is 3.97. The van der Waals surface area contributed by atoms with E-state index in [0.717, 1.165) is 10.9 Å². The topological polar surface area (TPSA) is 33.0 Å². The number of ether oxygens (including phenoxy) is 1. The van der Waals surface area contributed by atoms with E-state index in [-0.39, 0.29) is 6.10 Å². The summed E-state index contributed by atoms with van der Waals surface area (Å²) in [7, 11) is 0. The SMILES string of the molecule is CC(C)Oc1cc(CBr)ccc1C#N. The van der Waals surface area contributed by atoms with Gasteiger partial charge in [-0.05, 0) is 31.5 Å². The maximum atomic E-state index is 8.85. The van der Waals surface area contributed by atoms with Crippen molar-refractivity contribution in [2.45, 2.75) is 25.3 Å². The molecular weight excluding hydrogens is 242 g/mol. The Morgan fingerprint density at radius 3 is 2.71 bits per heavy atom. The molecule has 0 aliphatic carbocycles. The Morgan fingerprint density at radius 2 is 2.21 bits per heavy atom. The molecule has 0 heterocycles. The van der Waals surface area contributed by atoms with Gasteiger partial charge in [0, 0.05) is 5.33 Å². The first-order valence-corrected chi connectivity index (χ1v) is 5.55. The number of benzene rings is 1. The van der Waals surface area contributed by atoms with Gasteiger partial charge in [0.25, 0.3) is 0 Å². The van der Waals surface area contributed by atoms with Gasteiger partial charge in [0.2, 0.25) is 0 Å². The molecular formula is C11H12BrNO. The highest BCUT2D eigenvalue weighted by molar-refractivity contribution is 9.08. The van der Waals surface area contributed by atoms with Gasteiger partial charge >= 0.3 is 0 Å². The summed E-state index contributed by atoms with van der Waals surface area (Å²) < 4.78 is 5.54. The van der Waals surface area contributed by atoms with Crippen LogP contribution in [-0.4, -0.2) is 6.10 Å². The lowest BCUT2D eigenvalue weighted by Gasteiger charge is -2.11. The molecule has 1 aromatic rings. The summed E-state index contributed by atoms with van der Waals surface area (Å²) in [6, 6.07) is 7.71. The average molecular weight is 254 g/mol. The quantitative estimate of drug-likeness (QED) is 0.776. The Morgan fingerprint density at radius 1 is 1.50 bits per heavy atom. The third-order valence-corrected chi connectivity index (χ3v) is 2.33. The van der Waals surface area contributed by atoms with Crippen molar-refractivity contribution in [2.24, 2.45) is 0 Å². The highest BCUT2D eigenvalue weighted by Crippen LogP contribution is 2.22. The van der Waals surface area contributed by atoms with E-state index in [1.165, 1.54) is 0 Å². The van der Waals surface area contributed by atoms with E-state index in [1.807, 2.05) is 26.0 Å². The highest BCUT2D eigenvalue weighted by atomic mass is 79.9. The van der Waals surface area contributed by atoms with Gasteiger partial charge in [-0.15, -0.1) is 0 Å². The monoisotopic (exact) mass is 253 g/mol. The van der Waals surface area contributed by atoms with Crippen molar-refractivity contribution in [1.29, 1.82) is 5.26 Å². The maximum Gasteiger partial charge on any atom is 0.137 e. The summed E-state index contributed by atoms with van der Waals surface area (Å²) in [5, 5.41) is 9.62. The molecule has 14 heavy (non-hydrogen) atoms. The standard InChI is InChI=1S/C11H12BrNO/c1-8(2)14-11-5-9(6-12)3-4-10(11)7-13/h3-5,8H,6H2,1-2H3. The van der Waals surface area contributed by atoms with Crippen LogP contribution < -0.4 is 4.74 Å². The van der Waals surface area contributed by atoms with Gasteiger partial charge in [0.05, 0.1) is 11.7 Å². The minimum absolute atomic E-state index is 0.0904. The normalized spacial score (nSPS) is 9.93. The second-order valence-corrected chi connectivity index (χ2v) is 3.80. The lowest BCUT2D eigenvalue weighted by atomic mass is 10.1. The molecule has 0 saturated heterocycles. The van der Waals surface area contributed by atoms with Crippen LogP contribution in [0.2, 0.25) is 0 Å². The molecule has 0 N–H and O–H groups in total. The van der Waals surface area contributed by atoms with E-state index in [9.17, 15) is 0 Å². The largest absolute Gasteiger partial charge is 0.490 e. The number of halogens is 1. The molecule has 2 nitrogen and oxygen atoms in total. The molecule has 74 valence electrons. The molecule has 1 aromatic carbocycles. The van der Waals surface area contributed by atoms with Crippen LogP contribution in [-0.2, 0) is 5.33 Å². The number of nitrogens with zero attached hydrogens (tertiary/aromatic N) is 1. The van der Waals surface area contributed by atoms with Crippen molar-refractivity contribution >= 4 is 15.9 Å². The van der Waals surface area contributed by atoms with Crippen LogP contribution in [0.25, 0.3) is 0 Å². The number of alkyl halides is 1. The zero-order valence-corrected chi connectivity index (χ0v) is 9.84. The number of hydrogen-bond donors (Lipinski definition) is 0. The zero-order chi connectivity index (χ0) is 10.6. The second kappa shape index (κ2) is 5.02. The van der Waals surface area contributed by atoms with Gasteiger partial charge in [0.15, 0.2) is 0 Å². The fraction of sp³-hybridized carbons (Fsp3) is 0.364. The van der Waals surface area contributed by atoms with Crippen molar-refractivity contribution in [3.05, 3.63) is 29.3 Å². The van der Waals surface area contributed by atoms with E-state index in [2.05, 4.69) is 22.0 Å². The number of rotatable bonds is 3. The molecule has 1 rings (SSSR count). The molecule has 3 heteroatoms. The summed E-state index contributed by atoms with van der Waals surface area (Å²) in [6.45, 7) is 3.89. The highest BCUT2D eigenvalue weighted by Gasteiger charge is 2.05. The van der Waals surface area contributed by atoms with Gasteiger partial charge in [-0.25, -0.2) is 0 Å². The molecule has 0 radical (unpaired) electrons. The molecule has 0 unspecified atom stereocenters. The zero-order valence-electron chi connectivity index (χ0n) is 8.25. The second-order valence-electron chi connectivity index (χ2n) is 3.24. The minimum atomic E-state index is 0.0904. The lowest BCUT2D eigenvalue weighted by molar-refractivity contribution is 0.241. The van der Waals surface area contributed by atoms with Gasteiger partial charge in [-0.2, -0.15) is 5.26 Å². The van der Waals surface area contributed by atoms with Crippen LogP contribution in [0.1, 0.15) is 25.0 Å². The molecule has 0 saturated carbocycles. The van der Waals surface area contributed by atoms with Crippen molar-refractivity contribution in [1.82, 2.24) is 0 Å². The Hall–Kier alpha value is -1.01. The lowest BCUT2D eigenvalue weighted by Crippen LogP contribution is -2.07. The summed E-state index contributed by atoms with van der Waals surface area (Å²) in [4.78, 5) is 0. The Labute approximate surface area is 92.6 Å². The van der Waals surface area contributed by atoms with Crippen LogP contribution >= 0.6 is 15.9 Å². The smallest absolute Gasteiger partial charge is 0.137 e. The van der Waals surface area contributed by atoms with Gasteiger partial charge in [-0.1, -0.05) is 22.0 Å². The van der Waals surface area contributed by atoms with Crippen LogP contribution in [0.4, 0.5) is 0 Å². The molecule has 0 aromatic heterocycles. The van der Waals surface area contributed by atoms with E-state index in [0.29, 0.717) is 11.3 Å². The first-order valence-electron chi connectivity index (χ1n) is 4.43. The molecule has 0 amide bonds. The summed E-state index contributed by atoms with van der Waals surface area (Å²) >= 11 is 3.37. The molecule has 0 atom stereocenters. The van der Waals surface area contributed by atoms with Gasteiger partial charge in [0.1, 0.15) is 11.8 Å². The predicted octanol–water partition coefficient (Wildman–Crippen LogP) is 3.24. The first-order chi connectivity index (χ1) is 6.67. The minimum Gasteiger partial charge on any atom is -0.490 e. The summed E-state index contributed by atoms with van der Waals surface area (Å²) in [5.74, 6) is 0.666. The molecule has 0 aliphatic heterocycles. The molecule has 0 aliphatic rings. The number of nitriles is 1. The third kappa shape index (κ3) is 2.74. The first kappa shape index (κ1) is 11.1. The van der Waals surface area contributed by atoms with Crippen molar-refractivity contribution in [3.8, 4) is 11.8 Å². The van der Waals surface area contributed by atoms with Crippen LogP contribution in [0.5, 0.6) is 5.75 Å². The molecule has 0 fully saturated rings. The summed E-state index contributed by atoms with van der Waals surface area (Å²) in [6.07, 6.45) is 0.0904. The van der Waals surface area contributed by atoms with Crippen LogP contribution in [0.3, 0.4) is 0 Å². The van der Waals surface area contributed by atoms with Crippen molar-refractivity contribution in [2.75, 3.05) is 0 Å². The van der Waals surface area contributed by atoms with E-state index in [1.54, 1.807) is 6.07 Å². The van der Waals surface area contributed by atoms with Crippen molar-refractivity contribution < 1.29 is 4.74 Å². The molecule has 0 spiro atoms. The maximum absolute atomic E-state index is 8.85. The van der Waals surface area contributed by atoms with Crippen molar-refractivity contribution in [3.63, 3.8) is 0 Å². The average Bonchev–Trinajstić information content (AvgIpc) is 2.16.